The molecule has 1 saturated heterocycles. The zero-order valence-electron chi connectivity index (χ0n) is 14.8. The van der Waals surface area contributed by atoms with E-state index in [1.54, 1.807) is 6.20 Å². The second-order valence-electron chi connectivity index (χ2n) is 7.50. The van der Waals surface area contributed by atoms with E-state index >= 15 is 0 Å². The van der Waals surface area contributed by atoms with Gasteiger partial charge in [-0.25, -0.2) is 0 Å². The summed E-state index contributed by atoms with van der Waals surface area (Å²) in [6.07, 6.45) is 9.29. The first kappa shape index (κ1) is 16.3. The van der Waals surface area contributed by atoms with Gasteiger partial charge in [-0.1, -0.05) is 6.07 Å². The van der Waals surface area contributed by atoms with Crippen molar-refractivity contribution in [2.45, 2.75) is 31.8 Å². The van der Waals surface area contributed by atoms with Gasteiger partial charge in [0.05, 0.1) is 0 Å². The van der Waals surface area contributed by atoms with Crippen LogP contribution < -0.4 is 0 Å². The van der Waals surface area contributed by atoms with Gasteiger partial charge in [-0.2, -0.15) is 0 Å². The highest BCUT2D eigenvalue weighted by Crippen LogP contribution is 2.36. The number of hydrogen-bond donors (Lipinski definition) is 0. The molecule has 1 atom stereocenters. The lowest BCUT2D eigenvalue weighted by molar-refractivity contribution is 0.0773. The van der Waals surface area contributed by atoms with Crippen molar-refractivity contribution in [1.29, 1.82) is 0 Å². The smallest absolute Gasteiger partial charge is 0.270 e. The highest BCUT2D eigenvalue weighted by atomic mass is 16.2. The van der Waals surface area contributed by atoms with Gasteiger partial charge < -0.3 is 14.4 Å². The normalized spacial score (nSPS) is 20.4. The highest BCUT2D eigenvalue weighted by molar-refractivity contribution is 5.93. The third kappa shape index (κ3) is 3.76. The third-order valence-corrected chi connectivity index (χ3v) is 5.26. The summed E-state index contributed by atoms with van der Waals surface area (Å²) in [5, 5.41) is 0. The molecular formula is C20H26N4O. The fourth-order valence-corrected chi connectivity index (χ4v) is 3.88. The zero-order valence-corrected chi connectivity index (χ0v) is 14.8. The van der Waals surface area contributed by atoms with E-state index in [9.17, 15) is 4.79 Å². The van der Waals surface area contributed by atoms with E-state index in [0.717, 1.165) is 38.3 Å². The van der Waals surface area contributed by atoms with Crippen LogP contribution in [0.1, 0.15) is 41.4 Å². The fraction of sp³-hybridized carbons (Fsp3) is 0.500. The SMILES string of the molecule is CN(Cc1cccnc1)CC1CCN(C(=O)c2cccn2C2CC2)C1. The Bertz CT molecular complexity index is 722. The van der Waals surface area contributed by atoms with Gasteiger partial charge in [-0.3, -0.25) is 9.78 Å². The number of amides is 1. The van der Waals surface area contributed by atoms with Gasteiger partial charge in [0.1, 0.15) is 5.69 Å². The minimum Gasteiger partial charge on any atom is -0.340 e. The summed E-state index contributed by atoms with van der Waals surface area (Å²) in [6, 6.07) is 8.62. The van der Waals surface area contributed by atoms with Gasteiger partial charge in [-0.15, -0.1) is 0 Å². The quantitative estimate of drug-likeness (QED) is 0.813. The molecule has 5 nitrogen and oxygen atoms in total. The van der Waals surface area contributed by atoms with Crippen LogP contribution in [-0.4, -0.2) is 51.9 Å². The van der Waals surface area contributed by atoms with Crippen LogP contribution in [0.25, 0.3) is 0 Å². The van der Waals surface area contributed by atoms with Crippen molar-refractivity contribution >= 4 is 5.91 Å². The van der Waals surface area contributed by atoms with Gasteiger partial charge in [0.15, 0.2) is 0 Å². The molecule has 0 spiro atoms. The van der Waals surface area contributed by atoms with E-state index < -0.39 is 0 Å². The van der Waals surface area contributed by atoms with Gasteiger partial charge in [0.25, 0.3) is 5.91 Å². The van der Waals surface area contributed by atoms with E-state index in [1.807, 2.05) is 29.3 Å². The summed E-state index contributed by atoms with van der Waals surface area (Å²) in [5.41, 5.74) is 2.10. The highest BCUT2D eigenvalue weighted by Gasteiger charge is 2.32. The molecule has 0 aromatic carbocycles. The minimum absolute atomic E-state index is 0.203. The number of aromatic nitrogens is 2. The molecule has 1 aliphatic heterocycles. The Balaban J connectivity index is 1.32. The molecular weight excluding hydrogens is 312 g/mol. The maximum atomic E-state index is 12.9. The van der Waals surface area contributed by atoms with E-state index in [4.69, 9.17) is 0 Å². The lowest BCUT2D eigenvalue weighted by Crippen LogP contribution is -2.32. The minimum atomic E-state index is 0.203. The molecule has 1 unspecified atom stereocenters. The van der Waals surface area contributed by atoms with Crippen molar-refractivity contribution < 1.29 is 4.79 Å². The molecule has 1 amide bonds. The molecule has 0 bridgehead atoms. The average molecular weight is 338 g/mol. The number of pyridine rings is 1. The van der Waals surface area contributed by atoms with Crippen molar-refractivity contribution in [1.82, 2.24) is 19.4 Å². The molecule has 3 heterocycles. The predicted octanol–water partition coefficient (Wildman–Crippen LogP) is 2.81. The van der Waals surface area contributed by atoms with E-state index in [-0.39, 0.29) is 5.91 Å². The lowest BCUT2D eigenvalue weighted by atomic mass is 10.1. The summed E-state index contributed by atoms with van der Waals surface area (Å²) >= 11 is 0. The van der Waals surface area contributed by atoms with Crippen LogP contribution in [0.2, 0.25) is 0 Å². The Morgan fingerprint density at radius 3 is 2.92 bits per heavy atom. The van der Waals surface area contributed by atoms with Crippen LogP contribution in [0, 0.1) is 5.92 Å². The van der Waals surface area contributed by atoms with Crippen LogP contribution in [0.3, 0.4) is 0 Å². The topological polar surface area (TPSA) is 41.4 Å². The molecule has 2 aliphatic rings. The van der Waals surface area contributed by atoms with Crippen LogP contribution in [-0.2, 0) is 6.54 Å². The van der Waals surface area contributed by atoms with E-state index in [0.29, 0.717) is 12.0 Å². The second kappa shape index (κ2) is 7.00. The first-order chi connectivity index (χ1) is 12.2. The third-order valence-electron chi connectivity index (χ3n) is 5.26. The molecule has 2 aromatic heterocycles. The number of carbonyl (C=O) groups is 1. The van der Waals surface area contributed by atoms with Crippen molar-refractivity contribution in [3.63, 3.8) is 0 Å². The molecule has 25 heavy (non-hydrogen) atoms. The monoisotopic (exact) mass is 338 g/mol. The Hall–Kier alpha value is -2.14. The molecule has 5 heteroatoms. The van der Waals surface area contributed by atoms with Gasteiger partial charge in [-0.05, 0) is 56.0 Å². The molecule has 0 radical (unpaired) electrons. The molecule has 0 N–H and O–H groups in total. The molecule has 1 saturated carbocycles. The van der Waals surface area contributed by atoms with Gasteiger partial charge >= 0.3 is 0 Å². The van der Waals surface area contributed by atoms with E-state index in [1.165, 1.54) is 18.4 Å². The Morgan fingerprint density at radius 1 is 1.28 bits per heavy atom. The number of likely N-dealkylation sites (tertiary alicyclic amines) is 1. The number of hydrogen-bond acceptors (Lipinski definition) is 3. The Morgan fingerprint density at radius 2 is 2.16 bits per heavy atom. The number of rotatable bonds is 6. The summed E-state index contributed by atoms with van der Waals surface area (Å²) in [5.74, 6) is 0.754. The van der Waals surface area contributed by atoms with Crippen LogP contribution in [0.15, 0.2) is 42.9 Å². The molecule has 1 aliphatic carbocycles. The summed E-state index contributed by atoms with van der Waals surface area (Å²) in [7, 11) is 2.15. The van der Waals surface area contributed by atoms with Crippen molar-refractivity contribution in [3.8, 4) is 0 Å². The largest absolute Gasteiger partial charge is 0.340 e. The summed E-state index contributed by atoms with van der Waals surface area (Å²) in [6.45, 7) is 3.66. The van der Waals surface area contributed by atoms with Crippen molar-refractivity contribution in [2.75, 3.05) is 26.7 Å². The average Bonchev–Trinajstić information content (AvgIpc) is 3.16. The number of carbonyl (C=O) groups excluding carboxylic acids is 1. The maximum absolute atomic E-state index is 12.9. The molecule has 132 valence electrons. The zero-order chi connectivity index (χ0) is 17.2. The molecule has 4 rings (SSSR count). The van der Waals surface area contributed by atoms with Gasteiger partial charge in [0.2, 0.25) is 0 Å². The first-order valence-corrected chi connectivity index (χ1v) is 9.24. The summed E-state index contributed by atoms with van der Waals surface area (Å²) in [4.78, 5) is 21.4. The molecule has 2 aromatic rings. The maximum Gasteiger partial charge on any atom is 0.270 e. The van der Waals surface area contributed by atoms with Crippen LogP contribution >= 0.6 is 0 Å². The van der Waals surface area contributed by atoms with Crippen LogP contribution in [0.4, 0.5) is 0 Å². The first-order valence-electron chi connectivity index (χ1n) is 9.24. The predicted molar refractivity (Wildman–Crippen MR) is 97.3 cm³/mol. The Kier molecular flexibility index (Phi) is 4.57. The standard InChI is InChI=1S/C20H26N4O/c1-22(13-16-4-2-9-21-12-16)14-17-8-11-23(15-17)20(25)19-5-3-10-24(19)18-6-7-18/h2-5,9-10,12,17-18H,6-8,11,13-15H2,1H3. The summed E-state index contributed by atoms with van der Waals surface area (Å²) < 4.78 is 2.17. The van der Waals surface area contributed by atoms with Crippen molar-refractivity contribution in [3.05, 3.63) is 54.1 Å². The lowest BCUT2D eigenvalue weighted by Gasteiger charge is -2.22. The van der Waals surface area contributed by atoms with Gasteiger partial charge in [0, 0.05) is 50.8 Å². The second-order valence-corrected chi connectivity index (χ2v) is 7.50. The fourth-order valence-electron chi connectivity index (χ4n) is 3.88. The molecule has 2 fully saturated rings. The van der Waals surface area contributed by atoms with E-state index in [2.05, 4.69) is 33.8 Å². The number of nitrogens with zero attached hydrogens (tertiary/aromatic N) is 4. The van der Waals surface area contributed by atoms with Crippen LogP contribution in [0.5, 0.6) is 0 Å². The van der Waals surface area contributed by atoms with Crippen molar-refractivity contribution in [2.24, 2.45) is 5.92 Å². The Labute approximate surface area is 149 Å².